The minimum atomic E-state index is -0.837. The number of rotatable bonds is 3. The molecule has 0 radical (unpaired) electrons. The summed E-state index contributed by atoms with van der Waals surface area (Å²) in [6.07, 6.45) is 7.07. The Labute approximate surface area is 157 Å². The van der Waals surface area contributed by atoms with Gasteiger partial charge in [0.05, 0.1) is 5.56 Å². The van der Waals surface area contributed by atoms with Crippen LogP contribution in [0.1, 0.15) is 62.5 Å². The molecule has 2 aromatic rings. The number of fused-ring (bicyclic) bond motifs is 3. The van der Waals surface area contributed by atoms with Gasteiger partial charge in [-0.25, -0.2) is 17.6 Å². The standard InChI is InChI=1S/C23H24F4/c1-2-3-13-4-6-18-14(8-13)5-7-19-20(18)12-21(26)22(23(19)27)15-9-16(24)11-17(25)10-15/h9-14,18H,2-8H2,1H3. The van der Waals surface area contributed by atoms with Gasteiger partial charge in [-0.15, -0.1) is 0 Å². The molecule has 0 heterocycles. The smallest absolute Gasteiger partial charge is 0.137 e. The Balaban J connectivity index is 1.73. The minimum absolute atomic E-state index is 0.0842. The molecule has 0 nitrogen and oxygen atoms in total. The average Bonchev–Trinajstić information content (AvgIpc) is 2.61. The van der Waals surface area contributed by atoms with Crippen molar-refractivity contribution < 1.29 is 17.6 Å². The van der Waals surface area contributed by atoms with Crippen molar-refractivity contribution in [3.8, 4) is 11.1 Å². The number of hydrogen-bond donors (Lipinski definition) is 0. The third kappa shape index (κ3) is 3.39. The maximum Gasteiger partial charge on any atom is 0.137 e. The first-order valence-corrected chi connectivity index (χ1v) is 9.95. The van der Waals surface area contributed by atoms with Gasteiger partial charge in [0, 0.05) is 6.07 Å². The lowest BCUT2D eigenvalue weighted by atomic mass is 9.64. The molecule has 27 heavy (non-hydrogen) atoms. The summed E-state index contributed by atoms with van der Waals surface area (Å²) in [4.78, 5) is 0. The summed E-state index contributed by atoms with van der Waals surface area (Å²) < 4.78 is 57.2. The van der Waals surface area contributed by atoms with Crippen molar-refractivity contribution in [2.75, 3.05) is 0 Å². The Bertz CT molecular complexity index is 838. The lowest BCUT2D eigenvalue weighted by Gasteiger charge is -2.41. The summed E-state index contributed by atoms with van der Waals surface area (Å²) in [5.74, 6) is -1.64. The van der Waals surface area contributed by atoms with Crippen LogP contribution in [-0.4, -0.2) is 0 Å². The molecule has 0 spiro atoms. The summed E-state index contributed by atoms with van der Waals surface area (Å²) in [5.41, 5.74) is 0.910. The molecular formula is C23H24F4. The zero-order valence-corrected chi connectivity index (χ0v) is 15.5. The van der Waals surface area contributed by atoms with E-state index < -0.39 is 23.3 Å². The van der Waals surface area contributed by atoms with Gasteiger partial charge in [-0.2, -0.15) is 0 Å². The fourth-order valence-corrected chi connectivity index (χ4v) is 5.32. The highest BCUT2D eigenvalue weighted by atomic mass is 19.1. The predicted molar refractivity (Wildman–Crippen MR) is 98.5 cm³/mol. The zero-order chi connectivity index (χ0) is 19.1. The van der Waals surface area contributed by atoms with Crippen molar-refractivity contribution in [2.45, 2.75) is 57.8 Å². The lowest BCUT2D eigenvalue weighted by Crippen LogP contribution is -2.29. The first-order valence-electron chi connectivity index (χ1n) is 9.95. The minimum Gasteiger partial charge on any atom is -0.207 e. The molecule has 3 atom stereocenters. The van der Waals surface area contributed by atoms with E-state index in [0.717, 1.165) is 49.3 Å². The van der Waals surface area contributed by atoms with E-state index in [4.69, 9.17) is 0 Å². The molecule has 0 aromatic heterocycles. The molecule has 4 heteroatoms. The largest absolute Gasteiger partial charge is 0.207 e. The van der Waals surface area contributed by atoms with Crippen molar-refractivity contribution in [3.05, 3.63) is 58.7 Å². The van der Waals surface area contributed by atoms with Crippen molar-refractivity contribution >= 4 is 0 Å². The van der Waals surface area contributed by atoms with E-state index in [-0.39, 0.29) is 17.0 Å². The molecule has 0 N–H and O–H groups in total. The highest BCUT2D eigenvalue weighted by Gasteiger charge is 2.37. The molecule has 1 fully saturated rings. The van der Waals surface area contributed by atoms with Gasteiger partial charge in [-0.3, -0.25) is 0 Å². The quantitative estimate of drug-likeness (QED) is 0.499. The molecule has 1 saturated carbocycles. The first-order chi connectivity index (χ1) is 13.0. The van der Waals surface area contributed by atoms with Crippen LogP contribution < -0.4 is 0 Å². The summed E-state index contributed by atoms with van der Waals surface area (Å²) in [7, 11) is 0. The van der Waals surface area contributed by atoms with E-state index in [9.17, 15) is 13.2 Å². The predicted octanol–water partition coefficient (Wildman–Crippen LogP) is 7.16. The molecule has 2 aliphatic carbocycles. The topological polar surface area (TPSA) is 0 Å². The van der Waals surface area contributed by atoms with Crippen LogP contribution in [0.15, 0.2) is 24.3 Å². The van der Waals surface area contributed by atoms with Gasteiger partial charge in [-0.05, 0) is 84.7 Å². The van der Waals surface area contributed by atoms with Crippen LogP contribution in [0.25, 0.3) is 11.1 Å². The molecule has 2 aromatic carbocycles. The van der Waals surface area contributed by atoms with Gasteiger partial charge in [-0.1, -0.05) is 19.8 Å². The Morgan fingerprint density at radius 3 is 2.37 bits per heavy atom. The number of benzene rings is 2. The zero-order valence-electron chi connectivity index (χ0n) is 15.5. The van der Waals surface area contributed by atoms with Crippen LogP contribution in [0.5, 0.6) is 0 Å². The molecule has 0 aliphatic heterocycles. The number of halogens is 4. The van der Waals surface area contributed by atoms with Gasteiger partial charge in [0.2, 0.25) is 0 Å². The molecule has 3 unspecified atom stereocenters. The molecule has 0 amide bonds. The Kier molecular flexibility index (Phi) is 5.00. The van der Waals surface area contributed by atoms with Crippen LogP contribution >= 0.6 is 0 Å². The normalized spacial score (nSPS) is 24.4. The van der Waals surface area contributed by atoms with Crippen molar-refractivity contribution in [3.63, 3.8) is 0 Å². The van der Waals surface area contributed by atoms with E-state index in [2.05, 4.69) is 6.92 Å². The van der Waals surface area contributed by atoms with E-state index in [1.807, 2.05) is 0 Å². The van der Waals surface area contributed by atoms with Gasteiger partial charge < -0.3 is 0 Å². The second-order valence-electron chi connectivity index (χ2n) is 8.15. The molecule has 0 bridgehead atoms. The van der Waals surface area contributed by atoms with Crippen LogP contribution in [0, 0.1) is 35.1 Å². The fourth-order valence-electron chi connectivity index (χ4n) is 5.32. The van der Waals surface area contributed by atoms with Crippen molar-refractivity contribution in [1.29, 1.82) is 0 Å². The molecule has 144 valence electrons. The van der Waals surface area contributed by atoms with Crippen LogP contribution in [0.3, 0.4) is 0 Å². The van der Waals surface area contributed by atoms with Crippen LogP contribution in [0.4, 0.5) is 17.6 Å². The molecule has 0 saturated heterocycles. The Hall–Kier alpha value is -1.84. The van der Waals surface area contributed by atoms with Gasteiger partial charge in [0.25, 0.3) is 0 Å². The Morgan fingerprint density at radius 2 is 1.67 bits per heavy atom. The van der Waals surface area contributed by atoms with E-state index in [0.29, 0.717) is 24.0 Å². The third-order valence-electron chi connectivity index (χ3n) is 6.46. The summed E-state index contributed by atoms with van der Waals surface area (Å²) in [6, 6.07) is 4.10. The maximum absolute atomic E-state index is 15.2. The highest BCUT2D eigenvalue weighted by Crippen LogP contribution is 2.49. The number of hydrogen-bond acceptors (Lipinski definition) is 0. The molecular weight excluding hydrogens is 352 g/mol. The molecule has 4 rings (SSSR count). The van der Waals surface area contributed by atoms with Crippen LogP contribution in [0.2, 0.25) is 0 Å². The summed E-state index contributed by atoms with van der Waals surface area (Å²) >= 11 is 0. The highest BCUT2D eigenvalue weighted by molar-refractivity contribution is 5.67. The average molecular weight is 376 g/mol. The molecule has 2 aliphatic rings. The van der Waals surface area contributed by atoms with Gasteiger partial charge in [0.1, 0.15) is 23.3 Å². The lowest BCUT2D eigenvalue weighted by molar-refractivity contribution is 0.199. The summed E-state index contributed by atoms with van der Waals surface area (Å²) in [5, 5.41) is 0. The monoisotopic (exact) mass is 376 g/mol. The van der Waals surface area contributed by atoms with E-state index in [1.165, 1.54) is 18.9 Å². The van der Waals surface area contributed by atoms with Crippen LogP contribution in [-0.2, 0) is 6.42 Å². The third-order valence-corrected chi connectivity index (χ3v) is 6.46. The van der Waals surface area contributed by atoms with E-state index >= 15 is 4.39 Å². The second kappa shape index (κ2) is 7.29. The van der Waals surface area contributed by atoms with Gasteiger partial charge >= 0.3 is 0 Å². The first kappa shape index (κ1) is 18.5. The van der Waals surface area contributed by atoms with Crippen molar-refractivity contribution in [1.82, 2.24) is 0 Å². The maximum atomic E-state index is 15.2. The Morgan fingerprint density at radius 1 is 0.926 bits per heavy atom. The van der Waals surface area contributed by atoms with Gasteiger partial charge in [0.15, 0.2) is 0 Å². The van der Waals surface area contributed by atoms with Crippen molar-refractivity contribution in [2.24, 2.45) is 11.8 Å². The second-order valence-corrected chi connectivity index (χ2v) is 8.15. The fraction of sp³-hybridized carbons (Fsp3) is 0.478. The van der Waals surface area contributed by atoms with E-state index in [1.54, 1.807) is 0 Å². The SMILES string of the molecule is CCCC1CCC2c3cc(F)c(-c4cc(F)cc(F)c4)c(F)c3CCC2C1. The summed E-state index contributed by atoms with van der Waals surface area (Å²) in [6.45, 7) is 2.20.